The number of hydrogen-bond donors (Lipinski definition) is 2. The maximum Gasteiger partial charge on any atom is 0.246 e. The smallest absolute Gasteiger partial charge is 0.246 e. The quantitative estimate of drug-likeness (QED) is 0.690. The van der Waals surface area contributed by atoms with Crippen molar-refractivity contribution in [3.8, 4) is 0 Å². The molecule has 15 heavy (non-hydrogen) atoms. The van der Waals surface area contributed by atoms with E-state index in [0.29, 0.717) is 18.1 Å². The highest BCUT2D eigenvalue weighted by Crippen LogP contribution is 2.11. The van der Waals surface area contributed by atoms with Gasteiger partial charge in [-0.2, -0.15) is 4.98 Å². The van der Waals surface area contributed by atoms with E-state index in [2.05, 4.69) is 10.1 Å². The van der Waals surface area contributed by atoms with Crippen LogP contribution < -0.4 is 5.73 Å². The Kier molecular flexibility index (Phi) is 4.19. The van der Waals surface area contributed by atoms with Gasteiger partial charge in [0.05, 0.1) is 6.10 Å². The summed E-state index contributed by atoms with van der Waals surface area (Å²) in [5.74, 6) is 0.911. The molecule has 1 aromatic heterocycles. The molecule has 0 fully saturated rings. The van der Waals surface area contributed by atoms with E-state index in [1.54, 1.807) is 6.92 Å². The molecular formula is C9H18N4O2. The van der Waals surface area contributed by atoms with Crippen molar-refractivity contribution >= 4 is 0 Å². The lowest BCUT2D eigenvalue weighted by Gasteiger charge is -2.08. The van der Waals surface area contributed by atoms with Crippen molar-refractivity contribution in [1.29, 1.82) is 0 Å². The number of aliphatic hydroxyl groups is 1. The molecule has 0 unspecified atom stereocenters. The molecule has 1 heterocycles. The third-order valence-electron chi connectivity index (χ3n) is 2.07. The summed E-state index contributed by atoms with van der Waals surface area (Å²) in [6, 6.07) is -0.606. The lowest BCUT2D eigenvalue weighted by molar-refractivity contribution is 0.146. The Morgan fingerprint density at radius 3 is 2.73 bits per heavy atom. The van der Waals surface area contributed by atoms with Gasteiger partial charge in [-0.1, -0.05) is 5.16 Å². The number of rotatable bonds is 5. The zero-order valence-corrected chi connectivity index (χ0v) is 9.34. The molecular weight excluding hydrogens is 196 g/mol. The minimum atomic E-state index is -0.688. The highest BCUT2D eigenvalue weighted by molar-refractivity contribution is 4.94. The van der Waals surface area contributed by atoms with Gasteiger partial charge >= 0.3 is 0 Å². The molecule has 0 saturated heterocycles. The fourth-order valence-corrected chi connectivity index (χ4v) is 1.03. The molecule has 1 rings (SSSR count). The van der Waals surface area contributed by atoms with E-state index < -0.39 is 12.1 Å². The maximum atomic E-state index is 9.24. The standard InChI is InChI=1S/C9H18N4O2/c1-6(14)8(10)9-11-7(12-15-9)4-5-13(2)3/h6,8,14H,4-5,10H2,1-3H3/t6-,8+/m1/s1. The Morgan fingerprint density at radius 1 is 1.53 bits per heavy atom. The molecule has 0 spiro atoms. The van der Waals surface area contributed by atoms with Gasteiger partial charge in [0, 0.05) is 13.0 Å². The number of likely N-dealkylation sites (N-methyl/N-ethyl adjacent to an activating group) is 1. The van der Waals surface area contributed by atoms with Gasteiger partial charge in [-0.15, -0.1) is 0 Å². The van der Waals surface area contributed by atoms with Crippen molar-refractivity contribution in [2.24, 2.45) is 5.73 Å². The molecule has 86 valence electrons. The Labute approximate surface area is 89.1 Å². The number of hydrogen-bond acceptors (Lipinski definition) is 6. The van der Waals surface area contributed by atoms with Crippen molar-refractivity contribution < 1.29 is 9.63 Å². The van der Waals surface area contributed by atoms with Gasteiger partial charge in [-0.25, -0.2) is 0 Å². The van der Waals surface area contributed by atoms with Crippen LogP contribution in [-0.2, 0) is 6.42 Å². The molecule has 0 bridgehead atoms. The second kappa shape index (κ2) is 5.20. The van der Waals surface area contributed by atoms with Gasteiger partial charge in [0.25, 0.3) is 0 Å². The zero-order chi connectivity index (χ0) is 11.4. The second-order valence-electron chi connectivity index (χ2n) is 3.87. The van der Waals surface area contributed by atoms with E-state index >= 15 is 0 Å². The monoisotopic (exact) mass is 214 g/mol. The van der Waals surface area contributed by atoms with Gasteiger partial charge in [0.15, 0.2) is 5.82 Å². The summed E-state index contributed by atoms with van der Waals surface area (Å²) in [6.45, 7) is 2.44. The van der Waals surface area contributed by atoms with Crippen LogP contribution in [0.5, 0.6) is 0 Å². The van der Waals surface area contributed by atoms with Crippen LogP contribution in [0, 0.1) is 0 Å². The average molecular weight is 214 g/mol. The van der Waals surface area contributed by atoms with Crippen molar-refractivity contribution in [1.82, 2.24) is 15.0 Å². The minimum absolute atomic E-state index is 0.291. The third-order valence-corrected chi connectivity index (χ3v) is 2.07. The molecule has 0 saturated carbocycles. The summed E-state index contributed by atoms with van der Waals surface area (Å²) < 4.78 is 4.96. The molecule has 0 aliphatic rings. The first kappa shape index (κ1) is 12.1. The number of aliphatic hydroxyl groups excluding tert-OH is 1. The van der Waals surface area contributed by atoms with E-state index in [0.717, 1.165) is 6.54 Å². The van der Waals surface area contributed by atoms with E-state index in [9.17, 15) is 5.11 Å². The van der Waals surface area contributed by atoms with Crippen LogP contribution in [0.2, 0.25) is 0 Å². The van der Waals surface area contributed by atoms with E-state index in [4.69, 9.17) is 10.3 Å². The Morgan fingerprint density at radius 2 is 2.20 bits per heavy atom. The molecule has 0 radical (unpaired) electrons. The number of nitrogens with zero attached hydrogens (tertiary/aromatic N) is 3. The SMILES string of the molecule is C[C@@H](O)[C@H](N)c1nc(CCN(C)C)no1. The van der Waals surface area contributed by atoms with Gasteiger partial charge in [0.1, 0.15) is 6.04 Å². The van der Waals surface area contributed by atoms with Crippen LogP contribution in [0.15, 0.2) is 4.52 Å². The summed E-state index contributed by atoms with van der Waals surface area (Å²) >= 11 is 0. The first-order valence-corrected chi connectivity index (χ1v) is 4.91. The van der Waals surface area contributed by atoms with Crippen LogP contribution in [0.3, 0.4) is 0 Å². The minimum Gasteiger partial charge on any atom is -0.391 e. The number of aromatic nitrogens is 2. The van der Waals surface area contributed by atoms with E-state index in [-0.39, 0.29) is 0 Å². The maximum absolute atomic E-state index is 9.24. The second-order valence-corrected chi connectivity index (χ2v) is 3.87. The highest BCUT2D eigenvalue weighted by atomic mass is 16.5. The fraction of sp³-hybridized carbons (Fsp3) is 0.778. The summed E-state index contributed by atoms with van der Waals surface area (Å²) in [4.78, 5) is 6.15. The lowest BCUT2D eigenvalue weighted by Crippen LogP contribution is -2.23. The molecule has 0 aliphatic heterocycles. The predicted molar refractivity (Wildman–Crippen MR) is 55.2 cm³/mol. The predicted octanol–water partition coefficient (Wildman–Crippen LogP) is -0.446. The largest absolute Gasteiger partial charge is 0.391 e. The summed E-state index contributed by atoms with van der Waals surface area (Å²) in [5.41, 5.74) is 5.65. The normalized spacial score (nSPS) is 15.6. The summed E-state index contributed by atoms with van der Waals surface area (Å²) in [7, 11) is 3.95. The summed E-state index contributed by atoms with van der Waals surface area (Å²) in [6.07, 6.45) is 0.0235. The van der Waals surface area contributed by atoms with E-state index in [1.165, 1.54) is 0 Å². The van der Waals surface area contributed by atoms with Gasteiger partial charge in [-0.3, -0.25) is 0 Å². The number of nitrogens with two attached hydrogens (primary N) is 1. The average Bonchev–Trinajstić information content (AvgIpc) is 2.61. The fourth-order valence-electron chi connectivity index (χ4n) is 1.03. The molecule has 6 heteroatoms. The topological polar surface area (TPSA) is 88.4 Å². The molecule has 3 N–H and O–H groups in total. The molecule has 0 aromatic carbocycles. The molecule has 1 aromatic rings. The zero-order valence-electron chi connectivity index (χ0n) is 9.34. The first-order chi connectivity index (χ1) is 7.00. The Hall–Kier alpha value is -0.980. The van der Waals surface area contributed by atoms with Crippen LogP contribution >= 0.6 is 0 Å². The van der Waals surface area contributed by atoms with Crippen LogP contribution in [0.25, 0.3) is 0 Å². The van der Waals surface area contributed by atoms with Gasteiger partial charge in [0.2, 0.25) is 5.89 Å². The molecule has 2 atom stereocenters. The van der Waals surface area contributed by atoms with Crippen molar-refractivity contribution in [3.63, 3.8) is 0 Å². The lowest BCUT2D eigenvalue weighted by atomic mass is 10.2. The van der Waals surface area contributed by atoms with E-state index in [1.807, 2.05) is 19.0 Å². The first-order valence-electron chi connectivity index (χ1n) is 4.91. The van der Waals surface area contributed by atoms with Crippen molar-refractivity contribution in [2.45, 2.75) is 25.5 Å². The van der Waals surface area contributed by atoms with Crippen LogP contribution in [0.1, 0.15) is 24.7 Å². The summed E-state index contributed by atoms with van der Waals surface area (Å²) in [5, 5.41) is 13.0. The Bertz CT molecular complexity index is 298. The molecule has 6 nitrogen and oxygen atoms in total. The van der Waals surface area contributed by atoms with Crippen molar-refractivity contribution in [2.75, 3.05) is 20.6 Å². The molecule has 0 amide bonds. The van der Waals surface area contributed by atoms with Gasteiger partial charge < -0.3 is 20.3 Å². The van der Waals surface area contributed by atoms with Crippen LogP contribution in [0.4, 0.5) is 0 Å². The van der Waals surface area contributed by atoms with Gasteiger partial charge in [-0.05, 0) is 21.0 Å². The third kappa shape index (κ3) is 3.58. The molecule has 0 aliphatic carbocycles. The Balaban J connectivity index is 2.56. The van der Waals surface area contributed by atoms with Crippen LogP contribution in [-0.4, -0.2) is 46.9 Å². The highest BCUT2D eigenvalue weighted by Gasteiger charge is 2.19. The van der Waals surface area contributed by atoms with Crippen molar-refractivity contribution in [3.05, 3.63) is 11.7 Å².